The molecule has 0 aromatic rings. The van der Waals surface area contributed by atoms with Gasteiger partial charge in [-0.3, -0.25) is 9.59 Å². The third-order valence-corrected chi connectivity index (χ3v) is 3.03. The highest BCUT2D eigenvalue weighted by Gasteiger charge is 2.28. The van der Waals surface area contributed by atoms with Gasteiger partial charge < -0.3 is 15.5 Å². The Hall–Kier alpha value is -1.10. The maximum Gasteiger partial charge on any atom is 0.242 e. The van der Waals surface area contributed by atoms with Crippen LogP contribution in [-0.4, -0.2) is 48.4 Å². The fraction of sp³-hybridized carbons (Fsp3) is 0.818. The van der Waals surface area contributed by atoms with E-state index in [1.54, 1.807) is 11.8 Å². The number of amides is 2. The molecular formula is C11H21N3O2. The summed E-state index contributed by atoms with van der Waals surface area (Å²) in [5, 5.41) is 5.88. The second-order valence-electron chi connectivity index (χ2n) is 4.24. The molecule has 0 aromatic carbocycles. The van der Waals surface area contributed by atoms with Gasteiger partial charge in [0.2, 0.25) is 11.8 Å². The molecule has 2 atom stereocenters. The predicted octanol–water partition coefficient (Wildman–Crippen LogP) is -0.279. The summed E-state index contributed by atoms with van der Waals surface area (Å²) in [5.74, 6) is -0.0641. The predicted molar refractivity (Wildman–Crippen MR) is 61.9 cm³/mol. The molecule has 1 rings (SSSR count). The van der Waals surface area contributed by atoms with Gasteiger partial charge in [0.05, 0.1) is 6.54 Å². The third-order valence-electron chi connectivity index (χ3n) is 3.03. The molecule has 0 bridgehead atoms. The summed E-state index contributed by atoms with van der Waals surface area (Å²) < 4.78 is 0. The monoisotopic (exact) mass is 227 g/mol. The molecule has 1 aliphatic heterocycles. The smallest absolute Gasteiger partial charge is 0.242 e. The largest absolute Gasteiger partial charge is 0.353 e. The zero-order valence-corrected chi connectivity index (χ0v) is 10.2. The molecule has 2 N–H and O–H groups in total. The van der Waals surface area contributed by atoms with Gasteiger partial charge in [-0.05, 0) is 20.3 Å². The van der Waals surface area contributed by atoms with Gasteiger partial charge in [0.25, 0.3) is 0 Å². The van der Waals surface area contributed by atoms with E-state index in [1.807, 2.05) is 6.92 Å². The first-order valence-corrected chi connectivity index (χ1v) is 5.86. The minimum Gasteiger partial charge on any atom is -0.353 e. The van der Waals surface area contributed by atoms with Gasteiger partial charge in [-0.1, -0.05) is 6.92 Å². The van der Waals surface area contributed by atoms with E-state index in [4.69, 9.17) is 0 Å². The average Bonchev–Trinajstić information content (AvgIpc) is 2.29. The summed E-state index contributed by atoms with van der Waals surface area (Å²) in [6.45, 7) is 7.34. The van der Waals surface area contributed by atoms with Crippen molar-refractivity contribution in [3.8, 4) is 0 Å². The first-order chi connectivity index (χ1) is 7.56. The van der Waals surface area contributed by atoms with Gasteiger partial charge in [0, 0.05) is 19.1 Å². The molecule has 92 valence electrons. The summed E-state index contributed by atoms with van der Waals surface area (Å²) in [6.07, 6.45) is 0.989. The molecule has 5 nitrogen and oxygen atoms in total. The summed E-state index contributed by atoms with van der Waals surface area (Å²) in [7, 11) is 0. The second kappa shape index (κ2) is 5.84. The summed E-state index contributed by atoms with van der Waals surface area (Å²) >= 11 is 0. The van der Waals surface area contributed by atoms with Crippen LogP contribution in [0.15, 0.2) is 0 Å². The molecule has 0 saturated carbocycles. The minimum absolute atomic E-state index is 0.00245. The van der Waals surface area contributed by atoms with Crippen molar-refractivity contribution < 1.29 is 9.59 Å². The van der Waals surface area contributed by atoms with Crippen molar-refractivity contribution in [2.24, 2.45) is 0 Å². The summed E-state index contributed by atoms with van der Waals surface area (Å²) in [4.78, 5) is 24.9. The molecule has 1 heterocycles. The van der Waals surface area contributed by atoms with E-state index in [9.17, 15) is 9.59 Å². The van der Waals surface area contributed by atoms with Gasteiger partial charge in [-0.25, -0.2) is 0 Å². The van der Waals surface area contributed by atoms with Crippen LogP contribution in [0.25, 0.3) is 0 Å². The van der Waals surface area contributed by atoms with Crippen molar-refractivity contribution >= 4 is 11.8 Å². The number of carbonyl (C=O) groups is 2. The van der Waals surface area contributed by atoms with Crippen LogP contribution in [0.4, 0.5) is 0 Å². The molecule has 16 heavy (non-hydrogen) atoms. The van der Waals surface area contributed by atoms with Crippen molar-refractivity contribution in [3.05, 3.63) is 0 Å². The minimum atomic E-state index is -0.347. The van der Waals surface area contributed by atoms with Crippen molar-refractivity contribution in [3.63, 3.8) is 0 Å². The Bertz CT molecular complexity index is 268. The molecule has 0 radical (unpaired) electrons. The molecule has 0 aliphatic carbocycles. The van der Waals surface area contributed by atoms with E-state index in [0.717, 1.165) is 6.42 Å². The molecule has 2 amide bonds. The Morgan fingerprint density at radius 1 is 1.69 bits per heavy atom. The van der Waals surface area contributed by atoms with Crippen LogP contribution in [-0.2, 0) is 9.59 Å². The van der Waals surface area contributed by atoms with Crippen LogP contribution in [0.5, 0.6) is 0 Å². The van der Waals surface area contributed by atoms with Crippen LogP contribution in [0.3, 0.4) is 0 Å². The number of rotatable bonds is 4. The quantitative estimate of drug-likeness (QED) is 0.694. The molecule has 0 spiro atoms. The van der Waals surface area contributed by atoms with Crippen molar-refractivity contribution in [2.75, 3.05) is 19.6 Å². The molecule has 1 aliphatic rings. The van der Waals surface area contributed by atoms with Crippen molar-refractivity contribution in [1.29, 1.82) is 0 Å². The fourth-order valence-corrected chi connectivity index (χ4v) is 1.63. The highest BCUT2D eigenvalue weighted by molar-refractivity contribution is 5.89. The molecular weight excluding hydrogens is 206 g/mol. The van der Waals surface area contributed by atoms with Gasteiger partial charge >= 0.3 is 0 Å². The number of nitrogens with one attached hydrogen (secondary N) is 2. The lowest BCUT2D eigenvalue weighted by Gasteiger charge is -2.33. The first kappa shape index (κ1) is 13.0. The summed E-state index contributed by atoms with van der Waals surface area (Å²) in [6, 6.07) is -0.0159. The molecule has 1 saturated heterocycles. The first-order valence-electron chi connectivity index (χ1n) is 5.86. The standard InChI is InChI=1S/C11H21N3O2/c1-4-8(2)13-7-10(15)14-6-5-12-11(16)9(14)3/h8-9,13H,4-7H2,1-3H3,(H,12,16). The van der Waals surface area contributed by atoms with Crippen LogP contribution in [0.2, 0.25) is 0 Å². The van der Waals surface area contributed by atoms with Gasteiger partial charge in [0.1, 0.15) is 6.04 Å². The number of nitrogens with zero attached hydrogens (tertiary/aromatic N) is 1. The Kier molecular flexibility index (Phi) is 4.73. The van der Waals surface area contributed by atoms with E-state index >= 15 is 0 Å². The average molecular weight is 227 g/mol. The zero-order chi connectivity index (χ0) is 12.1. The second-order valence-corrected chi connectivity index (χ2v) is 4.24. The fourth-order valence-electron chi connectivity index (χ4n) is 1.63. The molecule has 1 fully saturated rings. The van der Waals surface area contributed by atoms with Crippen molar-refractivity contribution in [2.45, 2.75) is 39.3 Å². The highest BCUT2D eigenvalue weighted by atomic mass is 16.2. The molecule has 2 unspecified atom stereocenters. The van der Waals surface area contributed by atoms with Gasteiger partial charge in [-0.15, -0.1) is 0 Å². The SMILES string of the molecule is CCC(C)NCC(=O)N1CCNC(=O)C1C. The Labute approximate surface area is 96.6 Å². The lowest BCUT2D eigenvalue weighted by atomic mass is 10.2. The maximum atomic E-state index is 11.9. The Morgan fingerprint density at radius 3 is 3.00 bits per heavy atom. The Balaban J connectivity index is 2.43. The number of hydrogen-bond donors (Lipinski definition) is 2. The van der Waals surface area contributed by atoms with E-state index in [1.165, 1.54) is 0 Å². The van der Waals surface area contributed by atoms with Crippen LogP contribution in [0, 0.1) is 0 Å². The van der Waals surface area contributed by atoms with E-state index in [-0.39, 0.29) is 17.9 Å². The Morgan fingerprint density at radius 2 is 2.38 bits per heavy atom. The zero-order valence-electron chi connectivity index (χ0n) is 10.2. The lowest BCUT2D eigenvalue weighted by molar-refractivity contribution is -0.141. The van der Waals surface area contributed by atoms with Crippen molar-refractivity contribution in [1.82, 2.24) is 15.5 Å². The maximum absolute atomic E-state index is 11.9. The van der Waals surface area contributed by atoms with E-state index in [2.05, 4.69) is 17.6 Å². The van der Waals surface area contributed by atoms with E-state index < -0.39 is 0 Å². The lowest BCUT2D eigenvalue weighted by Crippen LogP contribution is -2.57. The van der Waals surface area contributed by atoms with Crippen LogP contribution in [0.1, 0.15) is 27.2 Å². The van der Waals surface area contributed by atoms with Gasteiger partial charge in [-0.2, -0.15) is 0 Å². The molecule has 0 aromatic heterocycles. The van der Waals surface area contributed by atoms with E-state index in [0.29, 0.717) is 25.7 Å². The molecule has 5 heteroatoms. The summed E-state index contributed by atoms with van der Waals surface area (Å²) in [5.41, 5.74) is 0. The van der Waals surface area contributed by atoms with Gasteiger partial charge in [0.15, 0.2) is 0 Å². The van der Waals surface area contributed by atoms with Crippen LogP contribution >= 0.6 is 0 Å². The number of hydrogen-bond acceptors (Lipinski definition) is 3. The number of piperazine rings is 1. The topological polar surface area (TPSA) is 61.4 Å². The number of carbonyl (C=O) groups excluding carboxylic acids is 2. The highest BCUT2D eigenvalue weighted by Crippen LogP contribution is 2.03. The van der Waals surface area contributed by atoms with Crippen LogP contribution < -0.4 is 10.6 Å². The third kappa shape index (κ3) is 3.20. The normalized spacial score (nSPS) is 22.8.